The summed E-state index contributed by atoms with van der Waals surface area (Å²) in [6, 6.07) is 3.96. The molecule has 17 heavy (non-hydrogen) atoms. The van der Waals surface area contributed by atoms with E-state index in [1.54, 1.807) is 0 Å². The van der Waals surface area contributed by atoms with E-state index < -0.39 is 11.7 Å². The molecule has 92 valence electrons. The van der Waals surface area contributed by atoms with Crippen LogP contribution in [0.5, 0.6) is 0 Å². The van der Waals surface area contributed by atoms with Crippen LogP contribution in [0.1, 0.15) is 32.9 Å². The first-order chi connectivity index (χ1) is 7.96. The van der Waals surface area contributed by atoms with E-state index in [0.717, 1.165) is 24.4 Å². The lowest BCUT2D eigenvalue weighted by molar-refractivity contribution is 0.0529. The second-order valence-corrected chi connectivity index (χ2v) is 5.01. The first kappa shape index (κ1) is 11.7. The molecule has 2 rings (SSSR count). The highest BCUT2D eigenvalue weighted by atomic mass is 16.6. The summed E-state index contributed by atoms with van der Waals surface area (Å²) in [6.45, 7) is 6.37. The first-order valence-electron chi connectivity index (χ1n) is 5.67. The Balaban J connectivity index is 1.97. The van der Waals surface area contributed by atoms with Gasteiger partial charge in [0.1, 0.15) is 5.60 Å². The summed E-state index contributed by atoms with van der Waals surface area (Å²) in [4.78, 5) is 11.4. The minimum absolute atomic E-state index is 0.500. The van der Waals surface area contributed by atoms with Gasteiger partial charge in [0.2, 0.25) is 0 Å². The van der Waals surface area contributed by atoms with Gasteiger partial charge in [-0.15, -0.1) is 0 Å². The van der Waals surface area contributed by atoms with Crippen molar-refractivity contribution in [2.24, 2.45) is 5.10 Å². The average molecular weight is 235 g/mol. The third-order valence-electron chi connectivity index (χ3n) is 2.40. The molecule has 0 saturated heterocycles. The van der Waals surface area contributed by atoms with Crippen molar-refractivity contribution in [2.75, 3.05) is 0 Å². The number of amides is 1. The first-order valence-corrected chi connectivity index (χ1v) is 5.67. The molecular weight excluding hydrogens is 218 g/mol. The molecule has 0 atom stereocenters. The van der Waals surface area contributed by atoms with Crippen LogP contribution in [-0.4, -0.2) is 22.0 Å². The van der Waals surface area contributed by atoms with E-state index in [4.69, 9.17) is 4.74 Å². The number of hydrogen-bond donors (Lipinski definition) is 1. The number of aromatic nitrogens is 1. The molecule has 0 bridgehead atoms. The monoisotopic (exact) mass is 235 g/mol. The number of ether oxygens (including phenoxy) is 1. The van der Waals surface area contributed by atoms with E-state index in [-0.39, 0.29) is 0 Å². The van der Waals surface area contributed by atoms with Gasteiger partial charge in [-0.25, -0.2) is 10.2 Å². The third kappa shape index (κ3) is 2.87. The summed E-state index contributed by atoms with van der Waals surface area (Å²) in [5.74, 6) is 0. The van der Waals surface area contributed by atoms with Gasteiger partial charge in [-0.05, 0) is 32.9 Å². The van der Waals surface area contributed by atoms with Crippen LogP contribution >= 0.6 is 0 Å². The second kappa shape index (κ2) is 4.24. The number of rotatable bonds is 1. The van der Waals surface area contributed by atoms with Gasteiger partial charge in [0.15, 0.2) is 0 Å². The van der Waals surface area contributed by atoms with E-state index in [2.05, 4.69) is 15.1 Å². The normalized spacial score (nSPS) is 17.0. The molecule has 5 nitrogen and oxygen atoms in total. The van der Waals surface area contributed by atoms with Crippen LogP contribution in [0.3, 0.4) is 0 Å². The zero-order valence-electron chi connectivity index (χ0n) is 10.4. The highest BCUT2D eigenvalue weighted by molar-refractivity contribution is 6.01. The minimum Gasteiger partial charge on any atom is -0.443 e. The highest BCUT2D eigenvalue weighted by Gasteiger charge is 2.18. The Morgan fingerprint density at radius 3 is 3.00 bits per heavy atom. The van der Waals surface area contributed by atoms with Crippen molar-refractivity contribution in [3.63, 3.8) is 0 Å². The van der Waals surface area contributed by atoms with Gasteiger partial charge in [0.25, 0.3) is 0 Å². The largest absolute Gasteiger partial charge is 0.443 e. The number of carbonyl (C=O) groups is 1. The molecule has 1 amide bonds. The maximum atomic E-state index is 11.4. The fraction of sp³-hybridized carbons (Fsp3) is 0.500. The maximum Gasteiger partial charge on any atom is 0.428 e. The molecular formula is C12H17N3O2. The van der Waals surface area contributed by atoms with Crippen LogP contribution in [-0.2, 0) is 11.3 Å². The average Bonchev–Trinajstić information content (AvgIpc) is 2.73. The van der Waals surface area contributed by atoms with Crippen LogP contribution in [0.15, 0.2) is 23.4 Å². The maximum absolute atomic E-state index is 11.4. The van der Waals surface area contributed by atoms with E-state index in [0.29, 0.717) is 0 Å². The van der Waals surface area contributed by atoms with Crippen LogP contribution in [0.25, 0.3) is 0 Å². The van der Waals surface area contributed by atoms with Crippen molar-refractivity contribution >= 4 is 11.8 Å². The van der Waals surface area contributed by atoms with Crippen molar-refractivity contribution < 1.29 is 9.53 Å². The summed E-state index contributed by atoms with van der Waals surface area (Å²) in [7, 11) is 0. The van der Waals surface area contributed by atoms with E-state index >= 15 is 0 Å². The number of nitrogens with one attached hydrogen (secondary N) is 1. The molecule has 5 heteroatoms. The van der Waals surface area contributed by atoms with Gasteiger partial charge in [0, 0.05) is 19.2 Å². The molecule has 0 aliphatic carbocycles. The van der Waals surface area contributed by atoms with Crippen LogP contribution in [0.4, 0.5) is 4.79 Å². The molecule has 1 aliphatic rings. The van der Waals surface area contributed by atoms with Gasteiger partial charge in [-0.2, -0.15) is 5.10 Å². The van der Waals surface area contributed by atoms with Gasteiger partial charge in [-0.3, -0.25) is 0 Å². The topological polar surface area (TPSA) is 55.6 Å². The van der Waals surface area contributed by atoms with Crippen molar-refractivity contribution in [1.82, 2.24) is 9.99 Å². The van der Waals surface area contributed by atoms with Crippen LogP contribution in [0.2, 0.25) is 0 Å². The Morgan fingerprint density at radius 2 is 2.29 bits per heavy atom. The molecule has 0 saturated carbocycles. The quantitative estimate of drug-likeness (QED) is 0.758. The molecule has 0 fully saturated rings. The van der Waals surface area contributed by atoms with E-state index in [9.17, 15) is 4.79 Å². The lowest BCUT2D eigenvalue weighted by Crippen LogP contribution is -2.30. The smallest absolute Gasteiger partial charge is 0.428 e. The Kier molecular flexibility index (Phi) is 2.92. The fourth-order valence-electron chi connectivity index (χ4n) is 1.75. The SMILES string of the molecule is CC(C)(C)OC(=O)NN=C1CCn2cccc21. The van der Waals surface area contributed by atoms with Crippen LogP contribution in [0, 0.1) is 0 Å². The standard InChI is InChI=1S/C12H17N3O2/c1-12(2,3)17-11(16)14-13-9-6-8-15-7-4-5-10(9)15/h4-5,7H,6,8H2,1-3H3,(H,14,16). The summed E-state index contributed by atoms with van der Waals surface area (Å²) < 4.78 is 7.21. The Labute approximate surface area is 100 Å². The minimum atomic E-state index is -0.519. The zero-order valence-corrected chi connectivity index (χ0v) is 10.4. The number of hydrazone groups is 1. The Hall–Kier alpha value is -1.78. The van der Waals surface area contributed by atoms with Gasteiger partial charge >= 0.3 is 6.09 Å². The summed E-state index contributed by atoms with van der Waals surface area (Å²) >= 11 is 0. The molecule has 1 aliphatic heterocycles. The molecule has 0 spiro atoms. The predicted octanol–water partition coefficient (Wildman–Crippen LogP) is 2.12. The molecule has 0 radical (unpaired) electrons. The number of nitrogens with zero attached hydrogens (tertiary/aromatic N) is 2. The lowest BCUT2D eigenvalue weighted by atomic mass is 10.2. The van der Waals surface area contributed by atoms with Gasteiger partial charge < -0.3 is 9.30 Å². The Morgan fingerprint density at radius 1 is 1.53 bits per heavy atom. The number of hydrogen-bond acceptors (Lipinski definition) is 3. The van der Waals surface area contributed by atoms with E-state index in [1.807, 2.05) is 39.1 Å². The summed E-state index contributed by atoms with van der Waals surface area (Å²) in [5, 5.41) is 4.09. The van der Waals surface area contributed by atoms with Gasteiger partial charge in [0.05, 0.1) is 11.4 Å². The third-order valence-corrected chi connectivity index (χ3v) is 2.40. The summed E-state index contributed by atoms with van der Waals surface area (Å²) in [5.41, 5.74) is 3.87. The molecule has 1 aromatic heterocycles. The Bertz CT molecular complexity index is 455. The highest BCUT2D eigenvalue weighted by Crippen LogP contribution is 2.15. The van der Waals surface area contributed by atoms with Crippen molar-refractivity contribution in [2.45, 2.75) is 39.3 Å². The summed E-state index contributed by atoms with van der Waals surface area (Å²) in [6.07, 6.45) is 2.33. The molecule has 1 N–H and O–H groups in total. The number of carbonyl (C=O) groups excluding carboxylic acids is 1. The van der Waals surface area contributed by atoms with Crippen molar-refractivity contribution in [3.05, 3.63) is 24.0 Å². The number of aryl methyl sites for hydroxylation is 1. The van der Waals surface area contributed by atoms with Crippen LogP contribution < -0.4 is 5.43 Å². The molecule has 0 aromatic carbocycles. The second-order valence-electron chi connectivity index (χ2n) is 5.01. The predicted molar refractivity (Wildman–Crippen MR) is 65.0 cm³/mol. The van der Waals surface area contributed by atoms with Crippen molar-refractivity contribution in [1.29, 1.82) is 0 Å². The fourth-order valence-corrected chi connectivity index (χ4v) is 1.75. The number of fused-ring (bicyclic) bond motifs is 1. The lowest BCUT2D eigenvalue weighted by Gasteiger charge is -2.18. The molecule has 1 aromatic rings. The molecule has 0 unspecified atom stereocenters. The molecule has 2 heterocycles. The zero-order chi connectivity index (χ0) is 12.5. The van der Waals surface area contributed by atoms with E-state index in [1.165, 1.54) is 0 Å². The van der Waals surface area contributed by atoms with Gasteiger partial charge in [-0.1, -0.05) is 0 Å². The van der Waals surface area contributed by atoms with Crippen molar-refractivity contribution in [3.8, 4) is 0 Å².